The molecule has 0 bridgehead atoms. The molecule has 0 unspecified atom stereocenters. The molecule has 0 aromatic rings. The molecule has 0 aliphatic heterocycles. The number of alkyl halides is 1. The van der Waals surface area contributed by atoms with Crippen molar-refractivity contribution >= 4 is 26.0 Å². The number of rotatable bonds is 5. The van der Waals surface area contributed by atoms with Crippen molar-refractivity contribution < 1.29 is 8.42 Å². The van der Waals surface area contributed by atoms with E-state index in [2.05, 4.69) is 15.9 Å². The molecule has 0 amide bonds. The van der Waals surface area contributed by atoms with Crippen molar-refractivity contribution in [2.24, 2.45) is 5.41 Å². The largest absolute Gasteiger partial charge is 0.214 e. The van der Waals surface area contributed by atoms with Crippen LogP contribution in [0.5, 0.6) is 0 Å². The molecule has 0 rings (SSSR count). The van der Waals surface area contributed by atoms with Gasteiger partial charge in [-0.05, 0) is 11.8 Å². The first-order valence-electron chi connectivity index (χ1n) is 4.69. The molecule has 0 saturated heterocycles. The fourth-order valence-electron chi connectivity index (χ4n) is 1.08. The maximum Gasteiger partial charge on any atom is 0.214 e. The van der Waals surface area contributed by atoms with Gasteiger partial charge in [-0.25, -0.2) is 12.7 Å². The van der Waals surface area contributed by atoms with Gasteiger partial charge in [0.25, 0.3) is 0 Å². The Morgan fingerprint density at radius 2 is 1.79 bits per heavy atom. The van der Waals surface area contributed by atoms with Crippen molar-refractivity contribution in [3.8, 4) is 0 Å². The standard InChI is InChI=1S/C9H20BrNO2S/c1-9(2,3)8-14(12,13)11(4)7-5-6-10/h5-8H2,1-4H3. The molecule has 86 valence electrons. The minimum absolute atomic E-state index is 0.179. The fourth-order valence-corrected chi connectivity index (χ4v) is 3.05. The summed E-state index contributed by atoms with van der Waals surface area (Å²) in [5.74, 6) is 0.207. The lowest BCUT2D eigenvalue weighted by Gasteiger charge is -2.23. The van der Waals surface area contributed by atoms with Crippen molar-refractivity contribution in [1.29, 1.82) is 0 Å². The molecule has 0 aliphatic carbocycles. The van der Waals surface area contributed by atoms with E-state index < -0.39 is 10.0 Å². The highest BCUT2D eigenvalue weighted by molar-refractivity contribution is 9.09. The number of nitrogens with zero attached hydrogens (tertiary/aromatic N) is 1. The molecule has 0 N–H and O–H groups in total. The van der Waals surface area contributed by atoms with Gasteiger partial charge >= 0.3 is 0 Å². The van der Waals surface area contributed by atoms with Crippen molar-refractivity contribution in [2.75, 3.05) is 24.7 Å². The van der Waals surface area contributed by atoms with Gasteiger partial charge in [0.15, 0.2) is 0 Å². The third kappa shape index (κ3) is 5.98. The van der Waals surface area contributed by atoms with Crippen molar-refractivity contribution in [3.05, 3.63) is 0 Å². The predicted molar refractivity (Wildman–Crippen MR) is 64.3 cm³/mol. The molecule has 3 nitrogen and oxygen atoms in total. The van der Waals surface area contributed by atoms with Crippen LogP contribution in [-0.2, 0) is 10.0 Å². The van der Waals surface area contributed by atoms with Gasteiger partial charge in [-0.1, -0.05) is 36.7 Å². The first-order valence-corrected chi connectivity index (χ1v) is 7.42. The second kappa shape index (κ2) is 5.47. The van der Waals surface area contributed by atoms with E-state index in [0.717, 1.165) is 11.8 Å². The maximum atomic E-state index is 11.8. The molecule has 0 aromatic carbocycles. The smallest absolute Gasteiger partial charge is 0.212 e. The topological polar surface area (TPSA) is 37.4 Å². The minimum Gasteiger partial charge on any atom is -0.212 e. The maximum absolute atomic E-state index is 11.8. The highest BCUT2D eigenvalue weighted by atomic mass is 79.9. The summed E-state index contributed by atoms with van der Waals surface area (Å²) in [6.45, 7) is 6.39. The lowest BCUT2D eigenvalue weighted by molar-refractivity contribution is 0.422. The Labute approximate surface area is 96.0 Å². The van der Waals surface area contributed by atoms with Crippen LogP contribution in [0.15, 0.2) is 0 Å². The van der Waals surface area contributed by atoms with Crippen LogP contribution in [0.1, 0.15) is 27.2 Å². The zero-order valence-electron chi connectivity index (χ0n) is 9.38. The summed E-state index contributed by atoms with van der Waals surface area (Å²) in [4.78, 5) is 0. The van der Waals surface area contributed by atoms with E-state index in [0.29, 0.717) is 6.54 Å². The number of halogens is 1. The average molecular weight is 286 g/mol. The molecule has 0 saturated carbocycles. The first-order chi connectivity index (χ1) is 6.19. The molecule has 0 spiro atoms. The van der Waals surface area contributed by atoms with E-state index >= 15 is 0 Å². The Balaban J connectivity index is 4.32. The molecular formula is C9H20BrNO2S. The third-order valence-electron chi connectivity index (χ3n) is 1.70. The SMILES string of the molecule is CN(CCCBr)S(=O)(=O)CC(C)(C)C. The molecule has 0 aliphatic rings. The van der Waals surface area contributed by atoms with E-state index in [9.17, 15) is 8.42 Å². The minimum atomic E-state index is -3.08. The molecule has 0 radical (unpaired) electrons. The van der Waals surface area contributed by atoms with E-state index in [1.54, 1.807) is 7.05 Å². The van der Waals surface area contributed by atoms with Crippen molar-refractivity contribution in [3.63, 3.8) is 0 Å². The van der Waals surface area contributed by atoms with Crippen LogP contribution < -0.4 is 0 Å². The second-order valence-electron chi connectivity index (χ2n) is 4.68. The van der Waals surface area contributed by atoms with Crippen LogP contribution in [0.2, 0.25) is 0 Å². The summed E-state index contributed by atoms with van der Waals surface area (Å²) < 4.78 is 25.0. The van der Waals surface area contributed by atoms with E-state index in [-0.39, 0.29) is 11.2 Å². The number of hydrogen-bond acceptors (Lipinski definition) is 2. The number of sulfonamides is 1. The van der Waals surface area contributed by atoms with Crippen LogP contribution in [0.3, 0.4) is 0 Å². The highest BCUT2D eigenvalue weighted by Crippen LogP contribution is 2.18. The van der Waals surface area contributed by atoms with Crippen LogP contribution >= 0.6 is 15.9 Å². The lowest BCUT2D eigenvalue weighted by atomic mass is 10.0. The van der Waals surface area contributed by atoms with Crippen LogP contribution in [0, 0.1) is 5.41 Å². The van der Waals surface area contributed by atoms with Gasteiger partial charge in [0.05, 0.1) is 5.75 Å². The summed E-state index contributed by atoms with van der Waals surface area (Å²) in [5.41, 5.74) is -0.179. The predicted octanol–water partition coefficient (Wildman–Crippen LogP) is 2.08. The highest BCUT2D eigenvalue weighted by Gasteiger charge is 2.24. The van der Waals surface area contributed by atoms with E-state index in [4.69, 9.17) is 0 Å². The summed E-state index contributed by atoms with van der Waals surface area (Å²) in [6, 6.07) is 0. The quantitative estimate of drug-likeness (QED) is 0.726. The van der Waals surface area contributed by atoms with Gasteiger partial charge in [0.2, 0.25) is 10.0 Å². The van der Waals surface area contributed by atoms with Crippen LogP contribution in [-0.4, -0.2) is 37.4 Å². The molecule has 0 heterocycles. The first kappa shape index (κ1) is 14.4. The molecule has 14 heavy (non-hydrogen) atoms. The van der Waals surface area contributed by atoms with Crippen molar-refractivity contribution in [1.82, 2.24) is 4.31 Å². The summed E-state index contributed by atoms with van der Waals surface area (Å²) in [5, 5.41) is 0.836. The Bertz CT molecular complexity index is 256. The Kier molecular flexibility index (Phi) is 5.62. The Morgan fingerprint density at radius 3 is 2.14 bits per heavy atom. The third-order valence-corrected chi connectivity index (χ3v) is 4.62. The van der Waals surface area contributed by atoms with E-state index in [1.165, 1.54) is 4.31 Å². The monoisotopic (exact) mass is 285 g/mol. The van der Waals surface area contributed by atoms with Crippen molar-refractivity contribution in [2.45, 2.75) is 27.2 Å². The zero-order chi connectivity index (χ0) is 11.4. The average Bonchev–Trinajstić information content (AvgIpc) is 1.95. The van der Waals surface area contributed by atoms with Gasteiger partial charge in [0, 0.05) is 18.9 Å². The Morgan fingerprint density at radius 1 is 1.29 bits per heavy atom. The normalized spacial score (nSPS) is 13.6. The molecule has 0 aromatic heterocycles. The van der Waals surface area contributed by atoms with Gasteiger partial charge in [0.1, 0.15) is 0 Å². The Hall–Kier alpha value is 0.390. The molecule has 5 heteroatoms. The zero-order valence-corrected chi connectivity index (χ0v) is 11.8. The molecule has 0 atom stereocenters. The second-order valence-corrected chi connectivity index (χ2v) is 7.55. The fraction of sp³-hybridized carbons (Fsp3) is 1.00. The molecular weight excluding hydrogens is 266 g/mol. The van der Waals surface area contributed by atoms with Gasteiger partial charge in [-0.2, -0.15) is 0 Å². The lowest BCUT2D eigenvalue weighted by Crippen LogP contribution is -2.34. The molecule has 0 fully saturated rings. The summed E-state index contributed by atoms with van der Waals surface area (Å²) >= 11 is 3.28. The number of hydrogen-bond donors (Lipinski definition) is 0. The summed E-state index contributed by atoms with van der Waals surface area (Å²) in [6.07, 6.45) is 0.847. The van der Waals surface area contributed by atoms with Gasteiger partial charge in [-0.3, -0.25) is 0 Å². The van der Waals surface area contributed by atoms with Gasteiger partial charge < -0.3 is 0 Å². The van der Waals surface area contributed by atoms with Crippen LogP contribution in [0.25, 0.3) is 0 Å². The van der Waals surface area contributed by atoms with Gasteiger partial charge in [-0.15, -0.1) is 0 Å². The summed E-state index contributed by atoms with van der Waals surface area (Å²) in [7, 11) is -1.44. The van der Waals surface area contributed by atoms with Crippen LogP contribution in [0.4, 0.5) is 0 Å². The van der Waals surface area contributed by atoms with E-state index in [1.807, 2.05) is 20.8 Å².